The summed E-state index contributed by atoms with van der Waals surface area (Å²) >= 11 is 0. The summed E-state index contributed by atoms with van der Waals surface area (Å²) in [5.41, 5.74) is 1.99. The number of anilines is 1. The second-order valence-corrected chi connectivity index (χ2v) is 4.72. The van der Waals surface area contributed by atoms with Crippen molar-refractivity contribution >= 4 is 11.6 Å². The molecule has 0 aromatic heterocycles. The van der Waals surface area contributed by atoms with Gasteiger partial charge in [0.15, 0.2) is 0 Å². The first-order valence-corrected chi connectivity index (χ1v) is 6.90. The van der Waals surface area contributed by atoms with Gasteiger partial charge in [0, 0.05) is 37.4 Å². The van der Waals surface area contributed by atoms with Crippen molar-refractivity contribution in [1.82, 2.24) is 4.90 Å². The van der Waals surface area contributed by atoms with Gasteiger partial charge in [-0.05, 0) is 44.9 Å². The Labute approximate surface area is 109 Å². The van der Waals surface area contributed by atoms with Crippen molar-refractivity contribution in [2.24, 2.45) is 0 Å². The van der Waals surface area contributed by atoms with E-state index in [2.05, 4.69) is 11.0 Å². The molecular weight excluding hydrogens is 224 g/mol. The maximum absolute atomic E-state index is 12.3. The normalized spacial score (nSPS) is 14.9. The molecule has 98 valence electrons. The van der Waals surface area contributed by atoms with Crippen LogP contribution in [0.2, 0.25) is 0 Å². The monoisotopic (exact) mass is 246 g/mol. The molecule has 3 nitrogen and oxygen atoms in total. The van der Waals surface area contributed by atoms with Crippen LogP contribution in [0.4, 0.5) is 5.69 Å². The smallest absolute Gasteiger partial charge is 0.253 e. The molecule has 18 heavy (non-hydrogen) atoms. The van der Waals surface area contributed by atoms with Crippen LogP contribution < -0.4 is 4.90 Å². The number of hydrogen-bond acceptors (Lipinski definition) is 2. The van der Waals surface area contributed by atoms with Gasteiger partial charge in [0.2, 0.25) is 0 Å². The third-order valence-electron chi connectivity index (χ3n) is 3.61. The molecule has 0 N–H and O–H groups in total. The molecule has 1 aliphatic heterocycles. The molecule has 3 heteroatoms. The van der Waals surface area contributed by atoms with Crippen molar-refractivity contribution in [3.63, 3.8) is 0 Å². The van der Waals surface area contributed by atoms with Gasteiger partial charge in [-0.2, -0.15) is 0 Å². The highest BCUT2D eigenvalue weighted by molar-refractivity contribution is 5.95. The van der Waals surface area contributed by atoms with Crippen LogP contribution in [-0.2, 0) is 0 Å². The molecule has 0 saturated carbocycles. The SMILES string of the molecule is CCN(CC)C(=O)c1cccc(N2CCCC2)c1. The number of nitrogens with zero attached hydrogens (tertiary/aromatic N) is 2. The lowest BCUT2D eigenvalue weighted by molar-refractivity contribution is 0.0773. The fourth-order valence-corrected chi connectivity index (χ4v) is 2.50. The molecule has 1 fully saturated rings. The van der Waals surface area contributed by atoms with Crippen molar-refractivity contribution in [2.45, 2.75) is 26.7 Å². The van der Waals surface area contributed by atoms with Gasteiger partial charge in [-0.1, -0.05) is 6.07 Å². The highest BCUT2D eigenvalue weighted by Crippen LogP contribution is 2.21. The molecule has 1 aromatic carbocycles. The molecule has 0 spiro atoms. The predicted molar refractivity (Wildman–Crippen MR) is 75.1 cm³/mol. The number of carbonyl (C=O) groups excluding carboxylic acids is 1. The van der Waals surface area contributed by atoms with E-state index in [9.17, 15) is 4.79 Å². The first-order chi connectivity index (χ1) is 8.76. The van der Waals surface area contributed by atoms with Crippen LogP contribution in [0.3, 0.4) is 0 Å². The van der Waals surface area contributed by atoms with Gasteiger partial charge in [-0.25, -0.2) is 0 Å². The van der Waals surface area contributed by atoms with E-state index in [1.54, 1.807) is 0 Å². The summed E-state index contributed by atoms with van der Waals surface area (Å²) in [6.07, 6.45) is 2.52. The number of hydrogen-bond donors (Lipinski definition) is 0. The van der Waals surface area contributed by atoms with Crippen LogP contribution in [0.1, 0.15) is 37.0 Å². The molecule has 0 bridgehead atoms. The second kappa shape index (κ2) is 5.89. The maximum Gasteiger partial charge on any atom is 0.253 e. The molecule has 2 rings (SSSR count). The zero-order valence-corrected chi connectivity index (χ0v) is 11.4. The van der Waals surface area contributed by atoms with Crippen molar-refractivity contribution in [2.75, 3.05) is 31.1 Å². The van der Waals surface area contributed by atoms with Gasteiger partial charge in [0.05, 0.1) is 0 Å². The molecule has 0 aliphatic carbocycles. The van der Waals surface area contributed by atoms with Gasteiger partial charge in [0.1, 0.15) is 0 Å². The number of rotatable bonds is 4. The number of carbonyl (C=O) groups is 1. The fraction of sp³-hybridized carbons (Fsp3) is 0.533. The zero-order chi connectivity index (χ0) is 13.0. The quantitative estimate of drug-likeness (QED) is 0.815. The molecule has 0 radical (unpaired) electrons. The van der Waals surface area contributed by atoms with Gasteiger partial charge in [-0.15, -0.1) is 0 Å². The lowest BCUT2D eigenvalue weighted by atomic mass is 10.1. The van der Waals surface area contributed by atoms with E-state index < -0.39 is 0 Å². The molecule has 0 unspecified atom stereocenters. The van der Waals surface area contributed by atoms with Crippen LogP contribution in [0.15, 0.2) is 24.3 Å². The van der Waals surface area contributed by atoms with Crippen LogP contribution in [0.25, 0.3) is 0 Å². The molecule has 1 aliphatic rings. The first kappa shape index (κ1) is 12.9. The fourth-order valence-electron chi connectivity index (χ4n) is 2.50. The minimum Gasteiger partial charge on any atom is -0.372 e. The minimum absolute atomic E-state index is 0.140. The molecule has 0 atom stereocenters. The Bertz CT molecular complexity index is 407. The van der Waals surface area contributed by atoms with E-state index >= 15 is 0 Å². The third-order valence-corrected chi connectivity index (χ3v) is 3.61. The summed E-state index contributed by atoms with van der Waals surface area (Å²) in [5, 5.41) is 0. The standard InChI is InChI=1S/C15H22N2O/c1-3-16(4-2)15(18)13-8-7-9-14(12-13)17-10-5-6-11-17/h7-9,12H,3-6,10-11H2,1-2H3. The van der Waals surface area contributed by atoms with Gasteiger partial charge in [0.25, 0.3) is 5.91 Å². The second-order valence-electron chi connectivity index (χ2n) is 4.72. The summed E-state index contributed by atoms with van der Waals surface area (Å²) in [6.45, 7) is 7.80. The average Bonchev–Trinajstić information content (AvgIpc) is 2.94. The topological polar surface area (TPSA) is 23.6 Å². The van der Waals surface area contributed by atoms with Gasteiger partial charge >= 0.3 is 0 Å². The summed E-state index contributed by atoms with van der Waals surface area (Å²) in [6, 6.07) is 8.04. The van der Waals surface area contributed by atoms with Gasteiger partial charge in [-0.3, -0.25) is 4.79 Å². The van der Waals surface area contributed by atoms with E-state index in [1.165, 1.54) is 18.5 Å². The zero-order valence-electron chi connectivity index (χ0n) is 11.4. The Kier molecular flexibility index (Phi) is 4.24. The summed E-state index contributed by atoms with van der Waals surface area (Å²) in [4.78, 5) is 16.5. The van der Waals surface area contributed by atoms with Crippen LogP contribution in [0, 0.1) is 0 Å². The van der Waals surface area contributed by atoms with Crippen molar-refractivity contribution in [3.05, 3.63) is 29.8 Å². The van der Waals surface area contributed by atoms with E-state index in [-0.39, 0.29) is 5.91 Å². The first-order valence-electron chi connectivity index (χ1n) is 6.90. The van der Waals surface area contributed by atoms with Crippen molar-refractivity contribution in [1.29, 1.82) is 0 Å². The Hall–Kier alpha value is -1.51. The largest absolute Gasteiger partial charge is 0.372 e. The lowest BCUT2D eigenvalue weighted by Crippen LogP contribution is -2.30. The summed E-state index contributed by atoms with van der Waals surface area (Å²) in [5.74, 6) is 0.140. The summed E-state index contributed by atoms with van der Waals surface area (Å²) in [7, 11) is 0. The number of amides is 1. The Morgan fingerprint density at radius 3 is 2.50 bits per heavy atom. The van der Waals surface area contributed by atoms with Crippen LogP contribution in [0.5, 0.6) is 0 Å². The van der Waals surface area contributed by atoms with E-state index in [4.69, 9.17) is 0 Å². The molecule has 1 saturated heterocycles. The summed E-state index contributed by atoms with van der Waals surface area (Å²) < 4.78 is 0. The van der Waals surface area contributed by atoms with Crippen molar-refractivity contribution < 1.29 is 4.79 Å². The minimum atomic E-state index is 0.140. The Morgan fingerprint density at radius 2 is 1.89 bits per heavy atom. The van der Waals surface area contributed by atoms with E-state index in [0.717, 1.165) is 31.7 Å². The molecule has 1 heterocycles. The lowest BCUT2D eigenvalue weighted by Gasteiger charge is -2.21. The molecule has 1 aromatic rings. The average molecular weight is 246 g/mol. The van der Waals surface area contributed by atoms with E-state index in [0.29, 0.717) is 0 Å². The Balaban J connectivity index is 2.18. The Morgan fingerprint density at radius 1 is 1.22 bits per heavy atom. The number of benzene rings is 1. The highest BCUT2D eigenvalue weighted by atomic mass is 16.2. The van der Waals surface area contributed by atoms with Crippen molar-refractivity contribution in [3.8, 4) is 0 Å². The van der Waals surface area contributed by atoms with Crippen LogP contribution >= 0.6 is 0 Å². The predicted octanol–water partition coefficient (Wildman–Crippen LogP) is 2.77. The molecule has 1 amide bonds. The van der Waals surface area contributed by atoms with Crippen LogP contribution in [-0.4, -0.2) is 37.0 Å². The molecular formula is C15H22N2O. The third kappa shape index (κ3) is 2.66. The maximum atomic E-state index is 12.3. The van der Waals surface area contributed by atoms with Gasteiger partial charge < -0.3 is 9.80 Å². The van der Waals surface area contributed by atoms with E-state index in [1.807, 2.05) is 36.9 Å². The highest BCUT2D eigenvalue weighted by Gasteiger charge is 2.16.